The topological polar surface area (TPSA) is 77.4 Å². The SMILES string of the molecule is Oc1ccc([C@H]2Oc3c(Br)c(OCc4ccccc4)cc(OCc4ccccc4)c3C(Cc3ccccc3)[C@@]2(Cc2ccccc2)OCc2ccccc2)cc1O. The van der Waals surface area contributed by atoms with Gasteiger partial charge in [0.2, 0.25) is 0 Å². The third-order valence-electron chi connectivity index (χ3n) is 10.5. The normalized spacial score (nSPS) is 17.3. The Labute approximate surface area is 342 Å². The fourth-order valence-electron chi connectivity index (χ4n) is 7.72. The van der Waals surface area contributed by atoms with Gasteiger partial charge in [0.25, 0.3) is 0 Å². The molecule has 0 fully saturated rings. The average Bonchev–Trinajstić information content (AvgIpc) is 3.26. The van der Waals surface area contributed by atoms with E-state index >= 15 is 0 Å². The molecule has 286 valence electrons. The van der Waals surface area contributed by atoms with Gasteiger partial charge >= 0.3 is 0 Å². The van der Waals surface area contributed by atoms with Gasteiger partial charge in [-0.2, -0.15) is 0 Å². The Hall–Kier alpha value is -6.02. The van der Waals surface area contributed by atoms with Crippen molar-refractivity contribution in [1.82, 2.24) is 0 Å². The monoisotopic (exact) mass is 818 g/mol. The lowest BCUT2D eigenvalue weighted by Crippen LogP contribution is -2.52. The summed E-state index contributed by atoms with van der Waals surface area (Å²) in [7, 11) is 0. The standard InChI is InChI=1S/C50H43BrO6/c51-47-45(55-33-38-22-12-4-13-23-38)30-44(54-32-37-20-10-3-11-21-37)46-41(28-35-16-6-1-7-17-35)50(31-36-18-8-2-9-19-36,56-34-39-24-14-5-15-25-39)49(57-48(46)47)40-26-27-42(52)43(53)29-40/h1-27,29-30,41,49,52-53H,28,31-34H2/t41?,49-,50-/m1/s1. The maximum atomic E-state index is 11.0. The van der Waals surface area contributed by atoms with Crippen LogP contribution in [0.25, 0.3) is 0 Å². The molecule has 0 radical (unpaired) electrons. The highest BCUT2D eigenvalue weighted by Crippen LogP contribution is 2.60. The van der Waals surface area contributed by atoms with Gasteiger partial charge in [0.05, 0.1) is 6.61 Å². The molecule has 57 heavy (non-hydrogen) atoms. The molecule has 7 aromatic rings. The Morgan fingerprint density at radius 2 is 1.02 bits per heavy atom. The van der Waals surface area contributed by atoms with Gasteiger partial charge in [0.1, 0.15) is 40.5 Å². The summed E-state index contributed by atoms with van der Waals surface area (Å²) in [4.78, 5) is 0. The fraction of sp³-hybridized carbons (Fsp3) is 0.160. The third-order valence-corrected chi connectivity index (χ3v) is 11.3. The van der Waals surface area contributed by atoms with Crippen LogP contribution in [-0.4, -0.2) is 15.8 Å². The highest BCUT2D eigenvalue weighted by atomic mass is 79.9. The Morgan fingerprint density at radius 3 is 1.56 bits per heavy atom. The lowest BCUT2D eigenvalue weighted by molar-refractivity contribution is -0.152. The molecular weight excluding hydrogens is 776 g/mol. The minimum Gasteiger partial charge on any atom is -0.504 e. The van der Waals surface area contributed by atoms with Gasteiger partial charge in [-0.25, -0.2) is 0 Å². The number of hydrogen-bond donors (Lipinski definition) is 2. The average molecular weight is 820 g/mol. The van der Waals surface area contributed by atoms with Crippen molar-refractivity contribution in [2.45, 2.75) is 50.3 Å². The zero-order valence-electron chi connectivity index (χ0n) is 31.3. The van der Waals surface area contributed by atoms with Crippen LogP contribution < -0.4 is 14.2 Å². The fourth-order valence-corrected chi connectivity index (χ4v) is 8.25. The number of phenols is 2. The number of halogens is 1. The molecule has 0 amide bonds. The molecule has 0 aliphatic carbocycles. The van der Waals surface area contributed by atoms with Crippen molar-refractivity contribution in [3.05, 3.63) is 219 Å². The molecule has 1 heterocycles. The van der Waals surface area contributed by atoms with Crippen molar-refractivity contribution in [2.75, 3.05) is 0 Å². The van der Waals surface area contributed by atoms with Gasteiger partial charge in [-0.05, 0) is 67.9 Å². The van der Waals surface area contributed by atoms with E-state index in [1.807, 2.05) is 109 Å². The molecule has 0 bridgehead atoms. The first kappa shape index (κ1) is 37.9. The van der Waals surface area contributed by atoms with Crippen molar-refractivity contribution < 1.29 is 29.2 Å². The van der Waals surface area contributed by atoms with Crippen molar-refractivity contribution in [3.8, 4) is 28.7 Å². The lowest BCUT2D eigenvalue weighted by Gasteiger charge is -2.50. The van der Waals surface area contributed by atoms with Crippen LogP contribution in [-0.2, 0) is 37.4 Å². The van der Waals surface area contributed by atoms with Gasteiger partial charge in [-0.1, -0.05) is 158 Å². The Morgan fingerprint density at radius 1 is 0.526 bits per heavy atom. The molecule has 1 aliphatic rings. The van der Waals surface area contributed by atoms with Gasteiger partial charge in [0, 0.05) is 24.0 Å². The Balaban J connectivity index is 1.37. The largest absolute Gasteiger partial charge is 0.504 e. The number of phenolic OH excluding ortho intramolecular Hbond substituents is 2. The first-order valence-electron chi connectivity index (χ1n) is 19.1. The van der Waals surface area contributed by atoms with E-state index in [2.05, 4.69) is 64.5 Å². The van der Waals surface area contributed by atoms with E-state index in [0.29, 0.717) is 53.3 Å². The van der Waals surface area contributed by atoms with Crippen LogP contribution in [0.2, 0.25) is 0 Å². The number of rotatable bonds is 14. The van der Waals surface area contributed by atoms with Crippen LogP contribution in [0.4, 0.5) is 0 Å². The maximum absolute atomic E-state index is 11.0. The summed E-state index contributed by atoms with van der Waals surface area (Å²) in [6.07, 6.45) is 0.237. The molecule has 1 unspecified atom stereocenters. The van der Waals surface area contributed by atoms with Gasteiger partial charge < -0.3 is 29.2 Å². The Bertz CT molecular complexity index is 2380. The van der Waals surface area contributed by atoms with Crippen LogP contribution in [0.3, 0.4) is 0 Å². The summed E-state index contributed by atoms with van der Waals surface area (Å²) < 4.78 is 28.9. The zero-order chi connectivity index (χ0) is 39.0. The highest BCUT2D eigenvalue weighted by molar-refractivity contribution is 9.10. The molecule has 7 aromatic carbocycles. The third kappa shape index (κ3) is 8.55. The van der Waals surface area contributed by atoms with Crippen LogP contribution in [0.1, 0.15) is 51.0 Å². The molecule has 8 rings (SSSR count). The summed E-state index contributed by atoms with van der Waals surface area (Å²) >= 11 is 3.95. The predicted molar refractivity (Wildman–Crippen MR) is 226 cm³/mol. The molecule has 0 saturated carbocycles. The highest BCUT2D eigenvalue weighted by Gasteiger charge is 2.55. The molecule has 6 nitrogen and oxygen atoms in total. The van der Waals surface area contributed by atoms with Crippen LogP contribution in [0, 0.1) is 0 Å². The van der Waals surface area contributed by atoms with Gasteiger partial charge in [-0.3, -0.25) is 0 Å². The van der Waals surface area contributed by atoms with Crippen LogP contribution >= 0.6 is 15.9 Å². The zero-order valence-corrected chi connectivity index (χ0v) is 32.9. The molecule has 3 atom stereocenters. The minimum absolute atomic E-state index is 0.218. The second-order valence-electron chi connectivity index (χ2n) is 14.4. The number of fused-ring (bicyclic) bond motifs is 1. The van der Waals surface area contributed by atoms with Crippen molar-refractivity contribution in [2.24, 2.45) is 0 Å². The van der Waals surface area contributed by atoms with Gasteiger partial charge in [-0.15, -0.1) is 0 Å². The van der Waals surface area contributed by atoms with E-state index in [9.17, 15) is 10.2 Å². The van der Waals surface area contributed by atoms with Crippen LogP contribution in [0.15, 0.2) is 180 Å². The molecule has 0 spiro atoms. The number of aromatic hydroxyl groups is 2. The number of ether oxygens (including phenoxy) is 4. The molecular formula is C50H43BrO6. The maximum Gasteiger partial charge on any atom is 0.157 e. The van der Waals surface area contributed by atoms with E-state index in [-0.39, 0.29) is 24.0 Å². The summed E-state index contributed by atoms with van der Waals surface area (Å²) in [6, 6.07) is 57.8. The molecule has 1 aliphatic heterocycles. The predicted octanol–water partition coefficient (Wildman–Crippen LogP) is 11.7. The first-order chi connectivity index (χ1) is 28.0. The molecule has 2 N–H and O–H groups in total. The summed E-state index contributed by atoms with van der Waals surface area (Å²) in [5.41, 5.74) is 5.60. The number of benzene rings is 7. The first-order valence-corrected chi connectivity index (χ1v) is 19.9. The van der Waals surface area contributed by atoms with Crippen molar-refractivity contribution in [1.29, 1.82) is 0 Å². The van der Waals surface area contributed by atoms with E-state index in [1.54, 1.807) is 12.1 Å². The second-order valence-corrected chi connectivity index (χ2v) is 15.2. The molecule has 0 saturated heterocycles. The second kappa shape index (κ2) is 17.4. The van der Waals surface area contributed by atoms with Crippen LogP contribution in [0.5, 0.6) is 28.7 Å². The Kier molecular flexibility index (Phi) is 11.6. The van der Waals surface area contributed by atoms with E-state index in [4.69, 9.17) is 18.9 Å². The van der Waals surface area contributed by atoms with Crippen molar-refractivity contribution >= 4 is 15.9 Å². The summed E-state index contributed by atoms with van der Waals surface area (Å²) in [5.74, 6) is 0.905. The lowest BCUT2D eigenvalue weighted by atomic mass is 9.68. The smallest absolute Gasteiger partial charge is 0.157 e. The van der Waals surface area contributed by atoms with Crippen molar-refractivity contribution in [3.63, 3.8) is 0 Å². The van der Waals surface area contributed by atoms with E-state index < -0.39 is 11.7 Å². The van der Waals surface area contributed by atoms with E-state index in [1.165, 1.54) is 6.07 Å². The molecule has 0 aromatic heterocycles. The summed E-state index contributed by atoms with van der Waals surface area (Å²) in [5, 5.41) is 21.5. The molecule has 7 heteroatoms. The summed E-state index contributed by atoms with van der Waals surface area (Å²) in [6.45, 7) is 0.936. The minimum atomic E-state index is -1.10. The van der Waals surface area contributed by atoms with Gasteiger partial charge in [0.15, 0.2) is 17.6 Å². The quantitative estimate of drug-likeness (QED) is 0.106. The number of hydrogen-bond acceptors (Lipinski definition) is 6. The van der Waals surface area contributed by atoms with E-state index in [0.717, 1.165) is 33.4 Å².